The standard InChI is InChI=1S/C32H35N3O3/c1-22-7-9-26(10-8-22)31-27(19-35(34-31)28-5-3-2-4-6-28)11-12-30(37)38-20-29(36)33-21-32-16-23-13-24(17-32)15-25(14-23)18-32/h2-12,19,23-25H,13-18,20-21H2,1H3,(H,33,36). The summed E-state index contributed by atoms with van der Waals surface area (Å²) in [5.41, 5.74) is 4.88. The van der Waals surface area contributed by atoms with Gasteiger partial charge in [-0.3, -0.25) is 4.79 Å². The Morgan fingerprint density at radius 2 is 1.66 bits per heavy atom. The predicted molar refractivity (Wildman–Crippen MR) is 147 cm³/mol. The summed E-state index contributed by atoms with van der Waals surface area (Å²) in [6.07, 6.45) is 12.8. The molecule has 0 atom stereocenters. The van der Waals surface area contributed by atoms with Gasteiger partial charge in [-0.05, 0) is 86.8 Å². The number of ether oxygens (including phenoxy) is 1. The van der Waals surface area contributed by atoms with Crippen LogP contribution in [-0.2, 0) is 14.3 Å². The molecule has 4 bridgehead atoms. The molecule has 4 saturated carbocycles. The van der Waals surface area contributed by atoms with Gasteiger partial charge in [-0.1, -0.05) is 48.0 Å². The first-order valence-electron chi connectivity index (χ1n) is 13.8. The zero-order valence-electron chi connectivity index (χ0n) is 21.9. The number of aromatic nitrogens is 2. The number of esters is 1. The number of nitrogens with one attached hydrogen (secondary N) is 1. The third-order valence-corrected chi connectivity index (χ3v) is 8.66. The monoisotopic (exact) mass is 509 g/mol. The number of nitrogens with zero attached hydrogens (tertiary/aromatic N) is 2. The molecule has 7 rings (SSSR count). The Morgan fingerprint density at radius 3 is 2.32 bits per heavy atom. The summed E-state index contributed by atoms with van der Waals surface area (Å²) in [6, 6.07) is 18.0. The number of hydrogen-bond acceptors (Lipinski definition) is 4. The highest BCUT2D eigenvalue weighted by Gasteiger charge is 2.50. The fourth-order valence-electron chi connectivity index (χ4n) is 7.34. The molecule has 4 fully saturated rings. The second-order valence-electron chi connectivity index (χ2n) is 11.7. The molecule has 4 aliphatic carbocycles. The number of amides is 1. The Kier molecular flexibility index (Phi) is 6.64. The predicted octanol–water partition coefficient (Wildman–Crippen LogP) is 5.74. The highest BCUT2D eigenvalue weighted by atomic mass is 16.5. The molecule has 4 aliphatic rings. The molecular weight excluding hydrogens is 474 g/mol. The number of rotatable bonds is 8. The van der Waals surface area contributed by atoms with E-state index in [4.69, 9.17) is 9.84 Å². The quantitative estimate of drug-likeness (QED) is 0.311. The highest BCUT2D eigenvalue weighted by Crippen LogP contribution is 2.59. The number of para-hydroxylation sites is 1. The maximum absolute atomic E-state index is 12.5. The molecule has 0 saturated heterocycles. The van der Waals surface area contributed by atoms with Crippen LogP contribution >= 0.6 is 0 Å². The minimum Gasteiger partial charge on any atom is -0.452 e. The normalized spacial score (nSPS) is 25.6. The smallest absolute Gasteiger partial charge is 0.331 e. The minimum atomic E-state index is -0.544. The van der Waals surface area contributed by atoms with Crippen LogP contribution in [0.5, 0.6) is 0 Å². The average Bonchev–Trinajstić information content (AvgIpc) is 3.34. The van der Waals surface area contributed by atoms with Gasteiger partial charge in [-0.15, -0.1) is 0 Å². The Hall–Kier alpha value is -3.67. The van der Waals surface area contributed by atoms with Crippen LogP contribution in [0.25, 0.3) is 23.0 Å². The molecule has 1 heterocycles. The summed E-state index contributed by atoms with van der Waals surface area (Å²) in [7, 11) is 0. The van der Waals surface area contributed by atoms with Gasteiger partial charge in [0.1, 0.15) is 0 Å². The van der Waals surface area contributed by atoms with Crippen molar-refractivity contribution in [2.24, 2.45) is 23.2 Å². The van der Waals surface area contributed by atoms with E-state index in [1.807, 2.05) is 67.7 Å². The Bertz CT molecular complexity index is 1300. The summed E-state index contributed by atoms with van der Waals surface area (Å²) in [5.74, 6) is 1.77. The van der Waals surface area contributed by atoms with Crippen molar-refractivity contribution < 1.29 is 14.3 Å². The highest BCUT2D eigenvalue weighted by molar-refractivity contribution is 5.90. The van der Waals surface area contributed by atoms with E-state index < -0.39 is 5.97 Å². The van der Waals surface area contributed by atoms with Gasteiger partial charge in [0.15, 0.2) is 6.61 Å². The van der Waals surface area contributed by atoms with E-state index in [0.29, 0.717) is 6.54 Å². The van der Waals surface area contributed by atoms with Crippen molar-refractivity contribution >= 4 is 18.0 Å². The number of carbonyl (C=O) groups is 2. The van der Waals surface area contributed by atoms with Crippen LogP contribution in [0.3, 0.4) is 0 Å². The van der Waals surface area contributed by atoms with Gasteiger partial charge in [0.05, 0.1) is 11.4 Å². The van der Waals surface area contributed by atoms with E-state index in [-0.39, 0.29) is 17.9 Å². The molecule has 196 valence electrons. The van der Waals surface area contributed by atoms with Crippen molar-refractivity contribution in [3.8, 4) is 16.9 Å². The van der Waals surface area contributed by atoms with Gasteiger partial charge >= 0.3 is 5.97 Å². The molecule has 6 heteroatoms. The molecule has 0 radical (unpaired) electrons. The van der Waals surface area contributed by atoms with Crippen molar-refractivity contribution in [2.45, 2.75) is 45.4 Å². The Balaban J connectivity index is 1.08. The first kappa shape index (κ1) is 24.7. The van der Waals surface area contributed by atoms with E-state index in [1.54, 1.807) is 10.8 Å². The minimum absolute atomic E-state index is 0.222. The summed E-state index contributed by atoms with van der Waals surface area (Å²) in [4.78, 5) is 25.0. The van der Waals surface area contributed by atoms with Crippen LogP contribution in [0.4, 0.5) is 0 Å². The lowest BCUT2D eigenvalue weighted by molar-refractivity contribution is -0.144. The summed E-state index contributed by atoms with van der Waals surface area (Å²) in [5, 5.41) is 7.86. The second kappa shape index (κ2) is 10.2. The molecule has 1 aromatic heterocycles. The van der Waals surface area contributed by atoms with Crippen LogP contribution < -0.4 is 5.32 Å². The topological polar surface area (TPSA) is 73.2 Å². The average molecular weight is 510 g/mol. The van der Waals surface area contributed by atoms with Crippen molar-refractivity contribution in [3.63, 3.8) is 0 Å². The third kappa shape index (κ3) is 5.31. The van der Waals surface area contributed by atoms with Gasteiger partial charge < -0.3 is 10.1 Å². The van der Waals surface area contributed by atoms with Crippen LogP contribution in [0.2, 0.25) is 0 Å². The van der Waals surface area contributed by atoms with Gasteiger partial charge in [0, 0.05) is 29.9 Å². The molecule has 3 aromatic rings. The first-order valence-corrected chi connectivity index (χ1v) is 13.8. The summed E-state index contributed by atoms with van der Waals surface area (Å²) >= 11 is 0. The summed E-state index contributed by atoms with van der Waals surface area (Å²) < 4.78 is 7.09. The van der Waals surface area contributed by atoms with Gasteiger partial charge in [-0.2, -0.15) is 5.10 Å². The number of hydrogen-bond donors (Lipinski definition) is 1. The molecule has 38 heavy (non-hydrogen) atoms. The molecule has 6 nitrogen and oxygen atoms in total. The fourth-order valence-corrected chi connectivity index (χ4v) is 7.34. The zero-order valence-corrected chi connectivity index (χ0v) is 21.9. The maximum Gasteiger partial charge on any atom is 0.331 e. The molecule has 1 N–H and O–H groups in total. The summed E-state index contributed by atoms with van der Waals surface area (Å²) in [6.45, 7) is 2.49. The van der Waals surface area contributed by atoms with Gasteiger partial charge in [-0.25, -0.2) is 9.48 Å². The van der Waals surface area contributed by atoms with Crippen molar-refractivity contribution in [1.82, 2.24) is 15.1 Å². The maximum atomic E-state index is 12.5. The Morgan fingerprint density at radius 1 is 1.00 bits per heavy atom. The lowest BCUT2D eigenvalue weighted by Crippen LogP contribution is -2.51. The SMILES string of the molecule is Cc1ccc(-c2nn(-c3ccccc3)cc2C=CC(=O)OCC(=O)NCC23CC4CC(CC(C4)C2)C3)cc1. The molecule has 0 aliphatic heterocycles. The molecular formula is C32H35N3O3. The zero-order chi connectivity index (χ0) is 26.1. The van der Waals surface area contributed by atoms with Crippen molar-refractivity contribution in [1.29, 1.82) is 0 Å². The lowest BCUT2D eigenvalue weighted by atomic mass is 9.49. The first-order chi connectivity index (χ1) is 18.4. The van der Waals surface area contributed by atoms with Gasteiger partial charge in [0.25, 0.3) is 5.91 Å². The van der Waals surface area contributed by atoms with Crippen LogP contribution in [-0.4, -0.2) is 34.8 Å². The van der Waals surface area contributed by atoms with Gasteiger partial charge in [0.2, 0.25) is 0 Å². The largest absolute Gasteiger partial charge is 0.452 e. The van der Waals surface area contributed by atoms with Crippen molar-refractivity contribution in [2.75, 3.05) is 13.2 Å². The molecule has 2 aromatic carbocycles. The lowest BCUT2D eigenvalue weighted by Gasteiger charge is -2.56. The van der Waals surface area contributed by atoms with Crippen LogP contribution in [0.1, 0.15) is 49.7 Å². The number of benzene rings is 2. The van der Waals surface area contributed by atoms with Crippen molar-refractivity contribution in [3.05, 3.63) is 78.0 Å². The van der Waals surface area contributed by atoms with E-state index in [0.717, 1.165) is 40.3 Å². The van der Waals surface area contributed by atoms with E-state index in [1.165, 1.54) is 50.2 Å². The van der Waals surface area contributed by atoms with E-state index in [9.17, 15) is 9.59 Å². The van der Waals surface area contributed by atoms with E-state index >= 15 is 0 Å². The molecule has 1 amide bonds. The molecule has 0 spiro atoms. The van der Waals surface area contributed by atoms with E-state index in [2.05, 4.69) is 5.32 Å². The third-order valence-electron chi connectivity index (χ3n) is 8.66. The van der Waals surface area contributed by atoms with Crippen LogP contribution in [0.15, 0.2) is 66.9 Å². The molecule has 0 unspecified atom stereocenters. The fraction of sp³-hybridized carbons (Fsp3) is 0.406. The Labute approximate surface area is 224 Å². The number of aryl methyl sites for hydroxylation is 1. The second-order valence-corrected chi connectivity index (χ2v) is 11.7. The number of carbonyl (C=O) groups excluding carboxylic acids is 2. The van der Waals surface area contributed by atoms with Crippen LogP contribution in [0, 0.1) is 30.1 Å².